The zero-order chi connectivity index (χ0) is 18.3. The van der Waals surface area contributed by atoms with Crippen LogP contribution in [-0.2, 0) is 16.6 Å². The monoisotopic (exact) mass is 367 g/mol. The summed E-state index contributed by atoms with van der Waals surface area (Å²) in [5.74, 6) is 0. The molecule has 1 atom stereocenters. The number of benzene rings is 1. The second-order valence-electron chi connectivity index (χ2n) is 6.59. The van der Waals surface area contributed by atoms with Gasteiger partial charge in [-0.2, -0.15) is 4.31 Å². The van der Waals surface area contributed by atoms with Crippen LogP contribution >= 0.6 is 0 Å². The van der Waals surface area contributed by atoms with E-state index >= 15 is 0 Å². The second kappa shape index (κ2) is 9.20. The molecule has 1 aromatic carbocycles. The summed E-state index contributed by atoms with van der Waals surface area (Å²) in [6, 6.07) is 6.72. The number of carbonyl (C=O) groups excluding carboxylic acids is 1. The molecule has 0 aliphatic carbocycles. The van der Waals surface area contributed by atoms with E-state index in [4.69, 9.17) is 0 Å². The number of hydrogen-bond donors (Lipinski definition) is 2. The van der Waals surface area contributed by atoms with E-state index in [1.165, 1.54) is 0 Å². The third kappa shape index (κ3) is 5.44. The first-order valence-corrected chi connectivity index (χ1v) is 10.5. The third-order valence-electron chi connectivity index (χ3n) is 4.44. The van der Waals surface area contributed by atoms with E-state index in [-0.39, 0.29) is 18.6 Å². The van der Waals surface area contributed by atoms with E-state index in [2.05, 4.69) is 17.6 Å². The van der Waals surface area contributed by atoms with Crippen molar-refractivity contribution in [3.05, 3.63) is 29.8 Å². The van der Waals surface area contributed by atoms with Crippen molar-refractivity contribution < 1.29 is 13.2 Å². The molecule has 1 aromatic rings. The molecule has 0 radical (unpaired) electrons. The average Bonchev–Trinajstić information content (AvgIpc) is 2.61. The number of nitrogens with zero attached hydrogens (tertiary/aromatic N) is 1. The Morgan fingerprint density at radius 2 is 1.88 bits per heavy atom. The van der Waals surface area contributed by atoms with Crippen molar-refractivity contribution in [1.29, 1.82) is 0 Å². The lowest BCUT2D eigenvalue weighted by molar-refractivity contribution is 0.236. The summed E-state index contributed by atoms with van der Waals surface area (Å²) >= 11 is 0. The van der Waals surface area contributed by atoms with Crippen molar-refractivity contribution in [2.45, 2.75) is 63.4 Å². The van der Waals surface area contributed by atoms with Gasteiger partial charge in [-0.05, 0) is 37.8 Å². The highest BCUT2D eigenvalue weighted by Crippen LogP contribution is 2.23. The molecule has 2 amide bonds. The van der Waals surface area contributed by atoms with Gasteiger partial charge in [0.15, 0.2) is 0 Å². The number of rotatable bonds is 7. The van der Waals surface area contributed by atoms with E-state index in [9.17, 15) is 13.2 Å². The van der Waals surface area contributed by atoms with Gasteiger partial charge in [-0.3, -0.25) is 0 Å². The standard InChI is InChI=1S/C18H29N3O3S/c1-3-9-15(2)20-18(22)19-14-16-10-5-6-11-17(16)25(23,24)21-12-7-4-8-13-21/h5-6,10-11,15H,3-4,7-9,12-14H2,1-2H3,(H2,19,20,22)/t15-/m1/s1. The molecule has 1 aliphatic heterocycles. The van der Waals surface area contributed by atoms with Gasteiger partial charge in [-0.15, -0.1) is 0 Å². The number of amides is 2. The van der Waals surface area contributed by atoms with Gasteiger partial charge in [0.25, 0.3) is 0 Å². The fourth-order valence-electron chi connectivity index (χ4n) is 3.10. The molecule has 25 heavy (non-hydrogen) atoms. The average molecular weight is 368 g/mol. The van der Waals surface area contributed by atoms with E-state index in [0.717, 1.165) is 32.1 Å². The molecule has 0 unspecified atom stereocenters. The highest BCUT2D eigenvalue weighted by atomic mass is 32.2. The molecule has 0 saturated carbocycles. The molecule has 1 heterocycles. The van der Waals surface area contributed by atoms with Crippen LogP contribution in [0.2, 0.25) is 0 Å². The maximum absolute atomic E-state index is 12.9. The molecule has 6 nitrogen and oxygen atoms in total. The van der Waals surface area contributed by atoms with E-state index in [0.29, 0.717) is 23.5 Å². The fourth-order valence-corrected chi connectivity index (χ4v) is 4.84. The Morgan fingerprint density at radius 3 is 2.56 bits per heavy atom. The van der Waals surface area contributed by atoms with Gasteiger partial charge < -0.3 is 10.6 Å². The summed E-state index contributed by atoms with van der Waals surface area (Å²) < 4.78 is 27.4. The number of carbonyl (C=O) groups is 1. The van der Waals surface area contributed by atoms with Gasteiger partial charge in [0.1, 0.15) is 0 Å². The molecule has 1 fully saturated rings. The molecule has 2 N–H and O–H groups in total. The lowest BCUT2D eigenvalue weighted by Gasteiger charge is -2.27. The summed E-state index contributed by atoms with van der Waals surface area (Å²) in [7, 11) is -3.51. The van der Waals surface area contributed by atoms with Crippen LogP contribution in [-0.4, -0.2) is 37.9 Å². The number of sulfonamides is 1. The maximum atomic E-state index is 12.9. The number of piperidine rings is 1. The molecule has 0 spiro atoms. The van der Waals surface area contributed by atoms with Crippen LogP contribution in [0, 0.1) is 0 Å². The zero-order valence-corrected chi connectivity index (χ0v) is 15.9. The molecule has 7 heteroatoms. The Morgan fingerprint density at radius 1 is 1.20 bits per heavy atom. The minimum absolute atomic E-state index is 0.0947. The summed E-state index contributed by atoms with van der Waals surface area (Å²) in [6.45, 7) is 5.35. The van der Waals surface area contributed by atoms with Crippen molar-refractivity contribution in [2.24, 2.45) is 0 Å². The van der Waals surface area contributed by atoms with Crippen molar-refractivity contribution in [3.8, 4) is 0 Å². The Labute approximate surface area is 151 Å². The SMILES string of the molecule is CCC[C@@H](C)NC(=O)NCc1ccccc1S(=O)(=O)N1CCCCC1. The Bertz CT molecular complexity index is 670. The topological polar surface area (TPSA) is 78.5 Å². The molecule has 2 rings (SSSR count). The number of nitrogens with one attached hydrogen (secondary N) is 2. The van der Waals surface area contributed by atoms with Gasteiger partial charge in [0, 0.05) is 25.7 Å². The quantitative estimate of drug-likeness (QED) is 0.778. The van der Waals surface area contributed by atoms with Gasteiger partial charge in [0.05, 0.1) is 4.90 Å². The first-order valence-electron chi connectivity index (χ1n) is 9.07. The van der Waals surface area contributed by atoms with Crippen molar-refractivity contribution >= 4 is 16.1 Å². The molecular formula is C18H29N3O3S. The van der Waals surface area contributed by atoms with Crippen LogP contribution < -0.4 is 10.6 Å². The second-order valence-corrected chi connectivity index (χ2v) is 8.50. The predicted octanol–water partition coefficient (Wildman–Crippen LogP) is 2.85. The van der Waals surface area contributed by atoms with Gasteiger partial charge in [-0.25, -0.2) is 13.2 Å². The maximum Gasteiger partial charge on any atom is 0.315 e. The predicted molar refractivity (Wildman–Crippen MR) is 98.8 cm³/mol. The normalized spacial score (nSPS) is 17.0. The molecule has 1 aliphatic rings. The van der Waals surface area contributed by atoms with Crippen LogP contribution in [0.5, 0.6) is 0 Å². The van der Waals surface area contributed by atoms with Crippen LogP contribution in [0.3, 0.4) is 0 Å². The molecule has 140 valence electrons. The fraction of sp³-hybridized carbons (Fsp3) is 0.611. The Hall–Kier alpha value is -1.60. The number of urea groups is 1. The van der Waals surface area contributed by atoms with Crippen LogP contribution in [0.4, 0.5) is 4.79 Å². The summed E-state index contributed by atoms with van der Waals surface area (Å²) in [5, 5.41) is 5.63. The highest BCUT2D eigenvalue weighted by Gasteiger charge is 2.27. The largest absolute Gasteiger partial charge is 0.336 e. The van der Waals surface area contributed by atoms with E-state index < -0.39 is 10.0 Å². The molecule has 0 aromatic heterocycles. The molecule has 0 bridgehead atoms. The lowest BCUT2D eigenvalue weighted by Crippen LogP contribution is -2.41. The van der Waals surface area contributed by atoms with E-state index in [1.54, 1.807) is 28.6 Å². The first-order chi connectivity index (χ1) is 11.9. The summed E-state index contributed by atoms with van der Waals surface area (Å²) in [5.41, 5.74) is 0.617. The molecule has 1 saturated heterocycles. The van der Waals surface area contributed by atoms with E-state index in [1.807, 2.05) is 6.92 Å². The van der Waals surface area contributed by atoms with Crippen LogP contribution in [0.1, 0.15) is 51.5 Å². The van der Waals surface area contributed by atoms with Crippen LogP contribution in [0.25, 0.3) is 0 Å². The summed E-state index contributed by atoms with van der Waals surface area (Å²) in [4.78, 5) is 12.3. The first kappa shape index (κ1) is 19.7. The van der Waals surface area contributed by atoms with Crippen molar-refractivity contribution in [2.75, 3.05) is 13.1 Å². The van der Waals surface area contributed by atoms with Crippen molar-refractivity contribution in [1.82, 2.24) is 14.9 Å². The highest BCUT2D eigenvalue weighted by molar-refractivity contribution is 7.89. The minimum atomic E-state index is -3.51. The number of hydrogen-bond acceptors (Lipinski definition) is 3. The summed E-state index contributed by atoms with van der Waals surface area (Å²) in [6.07, 6.45) is 4.78. The smallest absolute Gasteiger partial charge is 0.315 e. The third-order valence-corrected chi connectivity index (χ3v) is 6.44. The lowest BCUT2D eigenvalue weighted by atomic mass is 10.2. The minimum Gasteiger partial charge on any atom is -0.336 e. The van der Waals surface area contributed by atoms with Crippen LogP contribution in [0.15, 0.2) is 29.2 Å². The Kier molecular flexibility index (Phi) is 7.25. The zero-order valence-electron chi connectivity index (χ0n) is 15.1. The van der Waals surface area contributed by atoms with Gasteiger partial charge in [0.2, 0.25) is 10.0 Å². The Balaban J connectivity index is 2.06. The van der Waals surface area contributed by atoms with Gasteiger partial charge >= 0.3 is 6.03 Å². The van der Waals surface area contributed by atoms with Crippen molar-refractivity contribution in [3.63, 3.8) is 0 Å². The van der Waals surface area contributed by atoms with Gasteiger partial charge in [-0.1, -0.05) is 38.0 Å². The molecular weight excluding hydrogens is 338 g/mol.